The van der Waals surface area contributed by atoms with Gasteiger partial charge < -0.3 is 9.90 Å². The summed E-state index contributed by atoms with van der Waals surface area (Å²) in [5, 5.41) is 8.40. The number of carbonyl (C=O) groups is 4. The molecule has 0 radical (unpaired) electrons. The molecule has 0 aliphatic heterocycles. The van der Waals surface area contributed by atoms with Crippen LogP contribution in [-0.4, -0.2) is 28.9 Å². The summed E-state index contributed by atoms with van der Waals surface area (Å²) < 4.78 is 0. The highest BCUT2D eigenvalue weighted by Gasteiger charge is 2.33. The molecule has 1 aliphatic carbocycles. The molecule has 88 valence electrons. The zero-order valence-corrected chi connectivity index (χ0v) is 9.01. The molecule has 5 heteroatoms. The summed E-state index contributed by atoms with van der Waals surface area (Å²) in [6.07, 6.45) is 5.18. The Bertz CT molecular complexity index is 316. The van der Waals surface area contributed by atoms with Crippen molar-refractivity contribution in [2.45, 2.75) is 26.2 Å². The number of allylic oxidation sites excluding steroid dienone is 2. The van der Waals surface area contributed by atoms with Gasteiger partial charge in [0, 0.05) is 12.8 Å². The topological polar surface area (TPSA) is 88.5 Å². The first-order valence-corrected chi connectivity index (χ1v) is 4.94. The fourth-order valence-corrected chi connectivity index (χ4v) is 1.04. The van der Waals surface area contributed by atoms with E-state index in [0.717, 1.165) is 18.8 Å². The van der Waals surface area contributed by atoms with Crippen LogP contribution in [0.1, 0.15) is 26.2 Å². The minimum absolute atomic E-state index is 0.0444. The number of rotatable bonds is 3. The van der Waals surface area contributed by atoms with Crippen molar-refractivity contribution in [3.05, 3.63) is 12.2 Å². The molecule has 0 aromatic heterocycles. The number of hydrogen-bond donors (Lipinski definition) is 1. The van der Waals surface area contributed by atoms with Gasteiger partial charge in [-0.1, -0.05) is 13.0 Å². The summed E-state index contributed by atoms with van der Waals surface area (Å²) in [6, 6.07) is 0. The highest BCUT2D eigenvalue weighted by Crippen LogP contribution is 2.10. The van der Waals surface area contributed by atoms with E-state index < -0.39 is 23.5 Å². The van der Waals surface area contributed by atoms with Gasteiger partial charge in [-0.25, -0.2) is 0 Å². The standard InChI is InChI=1S/C7H6O4.C4H8O/c8-4-2-1-3-5(9)6(4)7(10)11;1-2-3-4-5/h1-2,6H,3H2,(H,10,11);4H,2-3H2,1H3. The second-order valence-corrected chi connectivity index (χ2v) is 3.20. The highest BCUT2D eigenvalue weighted by atomic mass is 16.4. The van der Waals surface area contributed by atoms with Crippen LogP contribution in [0, 0.1) is 5.92 Å². The van der Waals surface area contributed by atoms with Crippen LogP contribution < -0.4 is 0 Å². The van der Waals surface area contributed by atoms with Gasteiger partial charge in [0.2, 0.25) is 0 Å². The summed E-state index contributed by atoms with van der Waals surface area (Å²) in [4.78, 5) is 41.3. The van der Waals surface area contributed by atoms with Crippen molar-refractivity contribution in [3.63, 3.8) is 0 Å². The fraction of sp³-hybridized carbons (Fsp3) is 0.455. The van der Waals surface area contributed by atoms with Crippen molar-refractivity contribution < 1.29 is 24.3 Å². The molecule has 0 heterocycles. The molecule has 1 atom stereocenters. The number of unbranched alkanes of at least 4 members (excludes halogenated alkanes) is 1. The van der Waals surface area contributed by atoms with Gasteiger partial charge in [0.15, 0.2) is 17.5 Å². The average molecular weight is 226 g/mol. The molecule has 1 unspecified atom stereocenters. The maximum absolute atomic E-state index is 10.8. The number of carbonyl (C=O) groups excluding carboxylic acids is 3. The first kappa shape index (κ1) is 14.2. The van der Waals surface area contributed by atoms with Crippen molar-refractivity contribution in [2.24, 2.45) is 5.92 Å². The Labute approximate surface area is 93.1 Å². The summed E-state index contributed by atoms with van der Waals surface area (Å²) in [5.41, 5.74) is 0. The number of hydrogen-bond acceptors (Lipinski definition) is 4. The molecule has 0 saturated heterocycles. The maximum Gasteiger partial charge on any atom is 0.322 e. The van der Waals surface area contributed by atoms with Crippen molar-refractivity contribution in [1.29, 1.82) is 0 Å². The molecule has 0 saturated carbocycles. The van der Waals surface area contributed by atoms with E-state index in [1.165, 1.54) is 6.08 Å². The SMILES string of the molecule is CCCC=O.O=C(O)C1C(=O)C=CCC1=O. The second-order valence-electron chi connectivity index (χ2n) is 3.20. The Morgan fingerprint density at radius 3 is 2.44 bits per heavy atom. The van der Waals surface area contributed by atoms with Gasteiger partial charge >= 0.3 is 5.97 Å². The first-order valence-electron chi connectivity index (χ1n) is 4.94. The summed E-state index contributed by atoms with van der Waals surface area (Å²) >= 11 is 0. The predicted molar refractivity (Wildman–Crippen MR) is 55.9 cm³/mol. The summed E-state index contributed by atoms with van der Waals surface area (Å²) in [5.74, 6) is -3.98. The summed E-state index contributed by atoms with van der Waals surface area (Å²) in [6.45, 7) is 1.98. The van der Waals surface area contributed by atoms with E-state index in [1.54, 1.807) is 0 Å². The quantitative estimate of drug-likeness (QED) is 0.567. The third-order valence-electron chi connectivity index (χ3n) is 1.86. The van der Waals surface area contributed by atoms with Crippen LogP contribution in [0.3, 0.4) is 0 Å². The maximum atomic E-state index is 10.8. The van der Waals surface area contributed by atoms with Crippen LogP contribution in [0.25, 0.3) is 0 Å². The molecule has 5 nitrogen and oxygen atoms in total. The van der Waals surface area contributed by atoms with Crippen molar-refractivity contribution in [1.82, 2.24) is 0 Å². The van der Waals surface area contributed by atoms with Crippen LogP contribution >= 0.6 is 0 Å². The van der Waals surface area contributed by atoms with E-state index >= 15 is 0 Å². The van der Waals surface area contributed by atoms with Gasteiger partial charge in [-0.3, -0.25) is 14.4 Å². The van der Waals surface area contributed by atoms with Crippen LogP contribution in [0.5, 0.6) is 0 Å². The van der Waals surface area contributed by atoms with Gasteiger partial charge in [-0.15, -0.1) is 0 Å². The zero-order valence-electron chi connectivity index (χ0n) is 9.01. The number of ketones is 2. The van der Waals surface area contributed by atoms with E-state index in [4.69, 9.17) is 5.11 Å². The number of carboxylic acids is 1. The molecule has 0 aromatic rings. The van der Waals surface area contributed by atoms with Crippen molar-refractivity contribution in [2.75, 3.05) is 0 Å². The Balaban J connectivity index is 0.000000385. The molecular formula is C11H14O5. The van der Waals surface area contributed by atoms with Gasteiger partial charge in [-0.2, -0.15) is 0 Å². The average Bonchev–Trinajstić information content (AvgIpc) is 2.19. The van der Waals surface area contributed by atoms with E-state index in [9.17, 15) is 19.2 Å². The van der Waals surface area contributed by atoms with Crippen LogP contribution in [0.4, 0.5) is 0 Å². The van der Waals surface area contributed by atoms with E-state index in [1.807, 2.05) is 6.92 Å². The lowest BCUT2D eigenvalue weighted by atomic mass is 9.92. The Morgan fingerprint density at radius 2 is 2.19 bits per heavy atom. The normalized spacial score (nSPS) is 18.7. The monoisotopic (exact) mass is 226 g/mol. The minimum atomic E-state index is -1.46. The van der Waals surface area contributed by atoms with Gasteiger partial charge in [0.1, 0.15) is 6.29 Å². The van der Waals surface area contributed by atoms with Gasteiger partial charge in [0.25, 0.3) is 0 Å². The van der Waals surface area contributed by atoms with E-state index in [0.29, 0.717) is 6.42 Å². The molecule has 0 aromatic carbocycles. The van der Waals surface area contributed by atoms with E-state index in [2.05, 4.69) is 0 Å². The lowest BCUT2D eigenvalue weighted by molar-refractivity contribution is -0.149. The molecular weight excluding hydrogens is 212 g/mol. The Morgan fingerprint density at radius 1 is 1.56 bits per heavy atom. The summed E-state index contributed by atoms with van der Waals surface area (Å²) in [7, 11) is 0. The molecule has 0 spiro atoms. The molecule has 1 rings (SSSR count). The largest absolute Gasteiger partial charge is 0.480 e. The predicted octanol–water partition coefficient (Wildman–Crippen LogP) is 0.771. The first-order chi connectivity index (χ1) is 7.54. The smallest absolute Gasteiger partial charge is 0.322 e. The van der Waals surface area contributed by atoms with E-state index in [-0.39, 0.29) is 6.42 Å². The molecule has 16 heavy (non-hydrogen) atoms. The molecule has 1 aliphatic rings. The van der Waals surface area contributed by atoms with Crippen LogP contribution in [-0.2, 0) is 19.2 Å². The number of aliphatic carboxylic acids is 1. The van der Waals surface area contributed by atoms with Gasteiger partial charge in [-0.05, 0) is 12.5 Å². The Hall–Kier alpha value is -1.78. The second kappa shape index (κ2) is 7.50. The number of Topliss-reactive ketones (excluding diaryl/α,β-unsaturated/α-hetero) is 1. The lowest BCUT2D eigenvalue weighted by Gasteiger charge is -2.09. The molecule has 0 bridgehead atoms. The van der Waals surface area contributed by atoms with Gasteiger partial charge in [0.05, 0.1) is 0 Å². The zero-order chi connectivity index (χ0) is 12.6. The molecule has 1 N–H and O–H groups in total. The minimum Gasteiger partial charge on any atom is -0.480 e. The third-order valence-corrected chi connectivity index (χ3v) is 1.86. The lowest BCUT2D eigenvalue weighted by Crippen LogP contribution is -2.32. The Kier molecular flexibility index (Phi) is 6.67. The third kappa shape index (κ3) is 4.63. The van der Waals surface area contributed by atoms with Crippen LogP contribution in [0.2, 0.25) is 0 Å². The van der Waals surface area contributed by atoms with Crippen molar-refractivity contribution >= 4 is 23.8 Å². The van der Waals surface area contributed by atoms with Crippen LogP contribution in [0.15, 0.2) is 12.2 Å². The number of carboxylic acid groups (broad SMARTS) is 1. The molecule has 0 fully saturated rings. The number of aldehydes is 1. The van der Waals surface area contributed by atoms with Crippen molar-refractivity contribution in [3.8, 4) is 0 Å². The fourth-order valence-electron chi connectivity index (χ4n) is 1.04. The molecule has 0 amide bonds. The highest BCUT2D eigenvalue weighted by molar-refractivity contribution is 6.22.